The Balaban J connectivity index is 2.02. The lowest BCUT2D eigenvalue weighted by Crippen LogP contribution is -2.16. The summed E-state index contributed by atoms with van der Waals surface area (Å²) >= 11 is 0. The number of carbonyl (C=O) groups is 2. The first kappa shape index (κ1) is 17.7. The molecule has 2 rings (SSSR count). The molecule has 0 heterocycles. The maximum atomic E-state index is 12.3. The van der Waals surface area contributed by atoms with E-state index < -0.39 is 11.9 Å². The van der Waals surface area contributed by atoms with Crippen molar-refractivity contribution in [1.29, 1.82) is 0 Å². The van der Waals surface area contributed by atoms with Crippen LogP contribution < -0.4 is 4.74 Å². The molecular formula is C20H22O4. The summed E-state index contributed by atoms with van der Waals surface area (Å²) in [5, 5.41) is 8.86. The zero-order valence-corrected chi connectivity index (χ0v) is 14.2. The molecule has 126 valence electrons. The molecule has 0 aliphatic carbocycles. The molecule has 0 spiro atoms. The van der Waals surface area contributed by atoms with Crippen LogP contribution in [0.5, 0.6) is 5.75 Å². The molecule has 0 amide bonds. The molecule has 2 aromatic rings. The zero-order chi connectivity index (χ0) is 17.7. The van der Waals surface area contributed by atoms with Crippen LogP contribution in [0.2, 0.25) is 0 Å². The maximum absolute atomic E-state index is 12.3. The summed E-state index contributed by atoms with van der Waals surface area (Å²) in [6.07, 6.45) is 1.01. The van der Waals surface area contributed by atoms with Crippen LogP contribution in [0.25, 0.3) is 0 Å². The highest BCUT2D eigenvalue weighted by atomic mass is 16.5. The quantitative estimate of drug-likeness (QED) is 0.635. The predicted molar refractivity (Wildman–Crippen MR) is 92.4 cm³/mol. The monoisotopic (exact) mass is 326 g/mol. The Morgan fingerprint density at radius 2 is 1.54 bits per heavy atom. The van der Waals surface area contributed by atoms with E-state index in [9.17, 15) is 9.59 Å². The van der Waals surface area contributed by atoms with E-state index >= 15 is 0 Å². The van der Waals surface area contributed by atoms with Crippen molar-refractivity contribution >= 4 is 11.9 Å². The summed E-state index contributed by atoms with van der Waals surface area (Å²) in [4.78, 5) is 23.1. The molecule has 0 bridgehead atoms. The van der Waals surface area contributed by atoms with E-state index in [0.717, 1.165) is 12.0 Å². The Kier molecular flexibility index (Phi) is 5.74. The third kappa shape index (κ3) is 4.69. The third-order valence-corrected chi connectivity index (χ3v) is 3.80. The molecule has 0 unspecified atom stereocenters. The van der Waals surface area contributed by atoms with Gasteiger partial charge in [-0.1, -0.05) is 38.1 Å². The van der Waals surface area contributed by atoms with Crippen LogP contribution in [-0.2, 0) is 11.2 Å². The number of carbonyl (C=O) groups excluding carboxylic acids is 1. The van der Waals surface area contributed by atoms with Gasteiger partial charge in [0.25, 0.3) is 0 Å². The molecule has 0 radical (unpaired) electrons. The molecule has 0 saturated heterocycles. The maximum Gasteiger partial charge on any atom is 0.335 e. The van der Waals surface area contributed by atoms with Gasteiger partial charge < -0.3 is 9.84 Å². The molecule has 4 heteroatoms. The van der Waals surface area contributed by atoms with E-state index in [4.69, 9.17) is 9.84 Å². The van der Waals surface area contributed by atoms with Crippen molar-refractivity contribution in [3.63, 3.8) is 0 Å². The number of carboxylic acids is 1. The minimum atomic E-state index is -1.01. The van der Waals surface area contributed by atoms with Crippen LogP contribution in [0.3, 0.4) is 0 Å². The summed E-state index contributed by atoms with van der Waals surface area (Å²) in [6, 6.07) is 13.8. The number of esters is 1. The molecule has 0 fully saturated rings. The highest BCUT2D eigenvalue weighted by Crippen LogP contribution is 2.21. The normalized spacial score (nSPS) is 12.0. The van der Waals surface area contributed by atoms with Gasteiger partial charge in [0.2, 0.25) is 0 Å². The van der Waals surface area contributed by atoms with E-state index in [1.165, 1.54) is 29.8 Å². The third-order valence-electron chi connectivity index (χ3n) is 3.80. The SMILES string of the molecule is CC(C)Cc1ccc([C@@H](C)C(=O)Oc2ccc(C(=O)O)cc2)cc1. The highest BCUT2D eigenvalue weighted by Gasteiger charge is 2.18. The summed E-state index contributed by atoms with van der Waals surface area (Å²) < 4.78 is 5.33. The van der Waals surface area contributed by atoms with E-state index in [0.29, 0.717) is 11.7 Å². The Hall–Kier alpha value is -2.62. The lowest BCUT2D eigenvalue weighted by Gasteiger charge is -2.13. The lowest BCUT2D eigenvalue weighted by atomic mass is 9.97. The van der Waals surface area contributed by atoms with Gasteiger partial charge in [0.1, 0.15) is 5.75 Å². The number of rotatable bonds is 6. The van der Waals surface area contributed by atoms with Crippen molar-refractivity contribution in [1.82, 2.24) is 0 Å². The molecule has 1 N–H and O–H groups in total. The molecule has 1 atom stereocenters. The topological polar surface area (TPSA) is 63.6 Å². The van der Waals surface area contributed by atoms with Gasteiger partial charge in [-0.15, -0.1) is 0 Å². The number of aromatic carboxylic acids is 1. The molecule has 24 heavy (non-hydrogen) atoms. The van der Waals surface area contributed by atoms with Crippen LogP contribution in [0.1, 0.15) is 48.2 Å². The first-order valence-corrected chi connectivity index (χ1v) is 8.00. The van der Waals surface area contributed by atoms with Crippen molar-refractivity contribution in [2.75, 3.05) is 0 Å². The molecule has 0 aliphatic heterocycles. The smallest absolute Gasteiger partial charge is 0.335 e. The first-order chi connectivity index (χ1) is 11.4. The fourth-order valence-corrected chi connectivity index (χ4v) is 2.42. The Morgan fingerprint density at radius 1 is 0.958 bits per heavy atom. The van der Waals surface area contributed by atoms with Gasteiger partial charge in [-0.25, -0.2) is 4.79 Å². The van der Waals surface area contributed by atoms with Crippen LogP contribution in [0.15, 0.2) is 48.5 Å². The second-order valence-electron chi connectivity index (χ2n) is 6.31. The van der Waals surface area contributed by atoms with Crippen molar-refractivity contribution in [3.05, 3.63) is 65.2 Å². The Labute approximate surface area is 142 Å². The number of hydrogen-bond acceptors (Lipinski definition) is 3. The number of benzene rings is 2. The highest BCUT2D eigenvalue weighted by molar-refractivity contribution is 5.88. The summed E-state index contributed by atoms with van der Waals surface area (Å²) in [7, 11) is 0. The number of hydrogen-bond donors (Lipinski definition) is 1. The molecule has 0 aliphatic rings. The van der Waals surface area contributed by atoms with E-state index in [1.807, 2.05) is 24.3 Å². The van der Waals surface area contributed by atoms with E-state index in [1.54, 1.807) is 6.92 Å². The van der Waals surface area contributed by atoms with Gasteiger partial charge in [0.05, 0.1) is 11.5 Å². The van der Waals surface area contributed by atoms with Crippen LogP contribution in [0.4, 0.5) is 0 Å². The summed E-state index contributed by atoms with van der Waals surface area (Å²) in [5.41, 5.74) is 2.30. The van der Waals surface area contributed by atoms with Crippen LogP contribution in [0, 0.1) is 5.92 Å². The largest absolute Gasteiger partial charge is 0.478 e. The van der Waals surface area contributed by atoms with Gasteiger partial charge in [0.15, 0.2) is 0 Å². The Morgan fingerprint density at radius 3 is 2.04 bits per heavy atom. The molecule has 4 nitrogen and oxygen atoms in total. The fraction of sp³-hybridized carbons (Fsp3) is 0.300. The summed E-state index contributed by atoms with van der Waals surface area (Å²) in [5.74, 6) is -0.838. The fourth-order valence-electron chi connectivity index (χ4n) is 2.42. The lowest BCUT2D eigenvalue weighted by molar-refractivity contribution is -0.135. The minimum absolute atomic E-state index is 0.156. The van der Waals surface area contributed by atoms with Crippen LogP contribution >= 0.6 is 0 Å². The van der Waals surface area contributed by atoms with Crippen molar-refractivity contribution in [3.8, 4) is 5.75 Å². The average molecular weight is 326 g/mol. The first-order valence-electron chi connectivity index (χ1n) is 8.00. The molecule has 2 aromatic carbocycles. The predicted octanol–water partition coefficient (Wildman–Crippen LogP) is 4.29. The molecule has 0 saturated carbocycles. The second-order valence-corrected chi connectivity index (χ2v) is 6.31. The van der Waals surface area contributed by atoms with Crippen molar-refractivity contribution in [2.24, 2.45) is 5.92 Å². The van der Waals surface area contributed by atoms with Gasteiger partial charge in [-0.3, -0.25) is 4.79 Å². The standard InChI is InChI=1S/C20H22O4/c1-13(2)12-15-4-6-16(7-5-15)14(3)20(23)24-18-10-8-17(9-11-18)19(21)22/h4-11,13-14H,12H2,1-3H3,(H,21,22)/t14-/m1/s1. The number of carboxylic acid groups (broad SMARTS) is 1. The van der Waals surface area contributed by atoms with Crippen molar-refractivity contribution in [2.45, 2.75) is 33.1 Å². The average Bonchev–Trinajstić information content (AvgIpc) is 2.54. The van der Waals surface area contributed by atoms with Gasteiger partial charge in [-0.2, -0.15) is 0 Å². The van der Waals surface area contributed by atoms with E-state index in [-0.39, 0.29) is 11.5 Å². The van der Waals surface area contributed by atoms with Gasteiger partial charge in [0, 0.05) is 0 Å². The van der Waals surface area contributed by atoms with Gasteiger partial charge in [-0.05, 0) is 54.7 Å². The van der Waals surface area contributed by atoms with E-state index in [2.05, 4.69) is 13.8 Å². The second kappa shape index (κ2) is 7.77. The summed E-state index contributed by atoms with van der Waals surface area (Å²) in [6.45, 7) is 6.14. The molecular weight excluding hydrogens is 304 g/mol. The minimum Gasteiger partial charge on any atom is -0.478 e. The van der Waals surface area contributed by atoms with Crippen LogP contribution in [-0.4, -0.2) is 17.0 Å². The zero-order valence-electron chi connectivity index (χ0n) is 14.2. The van der Waals surface area contributed by atoms with Crippen molar-refractivity contribution < 1.29 is 19.4 Å². The number of ether oxygens (including phenoxy) is 1. The Bertz CT molecular complexity index is 699. The molecule has 0 aromatic heterocycles. The van der Waals surface area contributed by atoms with Gasteiger partial charge >= 0.3 is 11.9 Å².